The highest BCUT2D eigenvalue weighted by Crippen LogP contribution is 2.46. The summed E-state index contributed by atoms with van der Waals surface area (Å²) < 4.78 is 22.8. The number of nitrogens with zero attached hydrogens (tertiary/aromatic N) is 1. The predicted octanol–water partition coefficient (Wildman–Crippen LogP) is 1.85. The number of nitrogens with two attached hydrogens (primary N) is 1. The molecule has 1 aliphatic rings. The second kappa shape index (κ2) is 5.67. The zero-order valence-corrected chi connectivity index (χ0v) is 13.6. The van der Waals surface area contributed by atoms with E-state index in [1.165, 1.54) is 6.26 Å². The molecule has 21 heavy (non-hydrogen) atoms. The van der Waals surface area contributed by atoms with Gasteiger partial charge < -0.3 is 11.1 Å². The van der Waals surface area contributed by atoms with Crippen LogP contribution >= 0.6 is 0 Å². The molecule has 1 fully saturated rings. The molecule has 0 radical (unpaired) electrons. The molecule has 0 aliphatic heterocycles. The first-order valence-corrected chi connectivity index (χ1v) is 9.07. The van der Waals surface area contributed by atoms with Crippen LogP contribution in [-0.2, 0) is 9.84 Å². The Balaban J connectivity index is 1.99. The van der Waals surface area contributed by atoms with E-state index < -0.39 is 9.84 Å². The Morgan fingerprint density at radius 1 is 1.29 bits per heavy atom. The van der Waals surface area contributed by atoms with E-state index in [2.05, 4.69) is 16.4 Å². The van der Waals surface area contributed by atoms with Gasteiger partial charge in [0.15, 0.2) is 5.96 Å². The van der Waals surface area contributed by atoms with Gasteiger partial charge in [0.1, 0.15) is 9.84 Å². The highest BCUT2D eigenvalue weighted by atomic mass is 32.2. The third kappa shape index (κ3) is 5.04. The molecule has 1 aromatic rings. The van der Waals surface area contributed by atoms with Crippen LogP contribution in [-0.4, -0.2) is 32.9 Å². The van der Waals surface area contributed by atoms with Crippen molar-refractivity contribution >= 4 is 21.5 Å². The van der Waals surface area contributed by atoms with Crippen LogP contribution in [0.4, 0.5) is 5.69 Å². The Kier molecular flexibility index (Phi) is 4.27. The van der Waals surface area contributed by atoms with Gasteiger partial charge in [0.25, 0.3) is 0 Å². The number of hydrogen-bond acceptors (Lipinski definition) is 3. The molecule has 0 bridgehead atoms. The Bertz CT molecular complexity index is 641. The normalized spacial score (nSPS) is 17.6. The second-order valence-electron chi connectivity index (χ2n) is 6.27. The van der Waals surface area contributed by atoms with Crippen LogP contribution in [0.1, 0.15) is 24.0 Å². The van der Waals surface area contributed by atoms with Crippen LogP contribution in [0.3, 0.4) is 0 Å². The van der Waals surface area contributed by atoms with Crippen molar-refractivity contribution in [3.8, 4) is 0 Å². The van der Waals surface area contributed by atoms with E-state index in [4.69, 9.17) is 5.73 Å². The van der Waals surface area contributed by atoms with Gasteiger partial charge in [-0.25, -0.2) is 8.42 Å². The lowest BCUT2D eigenvalue weighted by Gasteiger charge is -2.12. The van der Waals surface area contributed by atoms with Crippen molar-refractivity contribution in [2.45, 2.75) is 26.7 Å². The van der Waals surface area contributed by atoms with Gasteiger partial charge in [-0.05, 0) is 49.9 Å². The Labute approximate surface area is 126 Å². The third-order valence-electron chi connectivity index (χ3n) is 3.60. The summed E-state index contributed by atoms with van der Waals surface area (Å²) in [5.41, 5.74) is 8.91. The van der Waals surface area contributed by atoms with Gasteiger partial charge in [-0.15, -0.1) is 0 Å². The highest BCUT2D eigenvalue weighted by Gasteiger charge is 2.45. The molecule has 1 saturated carbocycles. The van der Waals surface area contributed by atoms with Gasteiger partial charge in [-0.3, -0.25) is 4.99 Å². The summed E-state index contributed by atoms with van der Waals surface area (Å²) in [4.78, 5) is 4.32. The zero-order valence-electron chi connectivity index (χ0n) is 12.8. The molecule has 116 valence electrons. The minimum absolute atomic E-state index is 0.192. The van der Waals surface area contributed by atoms with Gasteiger partial charge in [0, 0.05) is 23.9 Å². The number of aryl methyl sites for hydroxylation is 2. The molecular weight excluding hydrogens is 286 g/mol. The number of aliphatic imine (C=N–C) groups is 1. The van der Waals surface area contributed by atoms with Gasteiger partial charge in [-0.2, -0.15) is 0 Å². The van der Waals surface area contributed by atoms with Crippen molar-refractivity contribution in [3.05, 3.63) is 29.3 Å². The number of benzene rings is 1. The van der Waals surface area contributed by atoms with Crippen molar-refractivity contribution in [1.29, 1.82) is 0 Å². The number of hydrogen-bond donors (Lipinski definition) is 2. The molecule has 0 atom stereocenters. The summed E-state index contributed by atoms with van der Waals surface area (Å²) in [7, 11) is -2.97. The molecule has 0 heterocycles. The average Bonchev–Trinajstić information content (AvgIpc) is 3.03. The molecule has 6 heteroatoms. The van der Waals surface area contributed by atoms with Gasteiger partial charge in [0.05, 0.1) is 5.75 Å². The summed E-state index contributed by atoms with van der Waals surface area (Å²) >= 11 is 0. The molecule has 0 saturated heterocycles. The quantitative estimate of drug-likeness (QED) is 0.642. The molecule has 0 spiro atoms. The Morgan fingerprint density at radius 2 is 1.86 bits per heavy atom. The van der Waals surface area contributed by atoms with E-state index in [1.807, 2.05) is 26.0 Å². The van der Waals surface area contributed by atoms with Crippen LogP contribution in [0, 0.1) is 19.3 Å². The van der Waals surface area contributed by atoms with E-state index in [-0.39, 0.29) is 11.2 Å². The van der Waals surface area contributed by atoms with Crippen LogP contribution in [0.5, 0.6) is 0 Å². The fourth-order valence-corrected chi connectivity index (χ4v) is 4.06. The van der Waals surface area contributed by atoms with Crippen molar-refractivity contribution in [3.63, 3.8) is 0 Å². The summed E-state index contributed by atoms with van der Waals surface area (Å²) in [6.07, 6.45) is 3.08. The first-order valence-electron chi connectivity index (χ1n) is 7.01. The number of anilines is 1. The molecule has 0 aromatic heterocycles. The van der Waals surface area contributed by atoms with Crippen LogP contribution in [0.25, 0.3) is 0 Å². The molecule has 5 nitrogen and oxygen atoms in total. The minimum atomic E-state index is -2.97. The van der Waals surface area contributed by atoms with Gasteiger partial charge in [0.2, 0.25) is 0 Å². The highest BCUT2D eigenvalue weighted by molar-refractivity contribution is 7.90. The maximum absolute atomic E-state index is 11.4. The van der Waals surface area contributed by atoms with E-state index in [1.54, 1.807) is 0 Å². The zero-order chi connectivity index (χ0) is 15.7. The number of guanidine groups is 1. The molecule has 0 amide bonds. The van der Waals surface area contributed by atoms with E-state index in [0.29, 0.717) is 12.5 Å². The maximum Gasteiger partial charge on any atom is 0.193 e. The van der Waals surface area contributed by atoms with E-state index >= 15 is 0 Å². The maximum atomic E-state index is 11.4. The number of rotatable bonds is 5. The fourth-order valence-electron chi connectivity index (χ4n) is 2.57. The first kappa shape index (κ1) is 15.8. The topological polar surface area (TPSA) is 84.5 Å². The van der Waals surface area contributed by atoms with E-state index in [9.17, 15) is 8.42 Å². The van der Waals surface area contributed by atoms with E-state index in [0.717, 1.165) is 29.7 Å². The summed E-state index contributed by atoms with van der Waals surface area (Å²) in [6.45, 7) is 4.51. The van der Waals surface area contributed by atoms with Crippen molar-refractivity contribution in [2.24, 2.45) is 16.1 Å². The predicted molar refractivity (Wildman–Crippen MR) is 87.4 cm³/mol. The average molecular weight is 309 g/mol. The lowest BCUT2D eigenvalue weighted by atomic mass is 10.1. The third-order valence-corrected chi connectivity index (χ3v) is 4.74. The van der Waals surface area contributed by atoms with Crippen molar-refractivity contribution in [2.75, 3.05) is 23.9 Å². The number of sulfone groups is 1. The fraction of sp³-hybridized carbons (Fsp3) is 0.533. The van der Waals surface area contributed by atoms with Crippen LogP contribution in [0.2, 0.25) is 0 Å². The smallest absolute Gasteiger partial charge is 0.193 e. The van der Waals surface area contributed by atoms with Crippen LogP contribution < -0.4 is 11.1 Å². The first-order chi connectivity index (χ1) is 9.67. The lowest BCUT2D eigenvalue weighted by molar-refractivity contribution is 0.552. The minimum Gasteiger partial charge on any atom is -0.370 e. The second-order valence-corrected chi connectivity index (χ2v) is 8.41. The monoisotopic (exact) mass is 309 g/mol. The number of nitrogens with one attached hydrogen (secondary N) is 1. The summed E-state index contributed by atoms with van der Waals surface area (Å²) in [5, 5.41) is 3.07. The Morgan fingerprint density at radius 3 is 2.33 bits per heavy atom. The standard InChI is InChI=1S/C15H23N3O2S/c1-11-6-12(2)8-13(7-11)18-14(16)17-9-15(4-5-15)10-21(3,19)20/h6-8H,4-5,9-10H2,1-3H3,(H3,16,17,18). The summed E-state index contributed by atoms with van der Waals surface area (Å²) in [5.74, 6) is 0.528. The van der Waals surface area contributed by atoms with Gasteiger partial charge in [-0.1, -0.05) is 6.07 Å². The molecule has 0 unspecified atom stereocenters. The molecule has 1 aromatic carbocycles. The molecule has 1 aliphatic carbocycles. The largest absolute Gasteiger partial charge is 0.370 e. The Hall–Kier alpha value is -1.56. The summed E-state index contributed by atoms with van der Waals surface area (Å²) in [6, 6.07) is 6.08. The van der Waals surface area contributed by atoms with Crippen LogP contribution in [0.15, 0.2) is 23.2 Å². The SMILES string of the molecule is Cc1cc(C)cc(NC(N)=NCC2(CS(C)(=O)=O)CC2)c1. The van der Waals surface area contributed by atoms with Gasteiger partial charge >= 0.3 is 0 Å². The lowest BCUT2D eigenvalue weighted by Crippen LogP contribution is -2.26. The molecular formula is C15H23N3O2S. The van der Waals surface area contributed by atoms with Crippen molar-refractivity contribution < 1.29 is 8.42 Å². The molecule has 3 N–H and O–H groups in total. The van der Waals surface area contributed by atoms with Crippen molar-refractivity contribution in [1.82, 2.24) is 0 Å². The molecule has 2 rings (SSSR count).